The van der Waals surface area contributed by atoms with E-state index in [1.165, 1.54) is 11.3 Å². The van der Waals surface area contributed by atoms with Gasteiger partial charge < -0.3 is 20.0 Å². The van der Waals surface area contributed by atoms with Crippen molar-refractivity contribution in [1.82, 2.24) is 15.5 Å². The number of hydrogen-bond donors (Lipinski definition) is 2. The Hall–Kier alpha value is -2.61. The summed E-state index contributed by atoms with van der Waals surface area (Å²) >= 11 is 1.32. The third kappa shape index (κ3) is 6.19. The topological polar surface area (TPSA) is 91.7 Å². The first-order valence-electron chi connectivity index (χ1n) is 11.0. The van der Waals surface area contributed by atoms with Crippen molar-refractivity contribution >= 4 is 29.1 Å². The number of nitrogens with zero attached hydrogens (tertiary/aromatic N) is 1. The molecule has 1 atom stereocenters. The standard InChI is InChI=1S/C23H31N3O4S/c1-3-4-13-26(20(27)15-24-22(28)19-10-7-14-31-19)21(18-12-11-16(2)30-18)23(29)25-17-8-5-6-9-17/h7,10-12,14,17,21H,3-6,8-9,13,15H2,1-2H3,(H,24,28)(H,25,29). The summed E-state index contributed by atoms with van der Waals surface area (Å²) in [4.78, 5) is 40.8. The van der Waals surface area contributed by atoms with Crippen LogP contribution >= 0.6 is 11.3 Å². The van der Waals surface area contributed by atoms with Crippen LogP contribution in [0.1, 0.15) is 72.7 Å². The van der Waals surface area contributed by atoms with Gasteiger partial charge in [-0.25, -0.2) is 0 Å². The molecular formula is C23H31N3O4S. The molecular weight excluding hydrogens is 414 g/mol. The average molecular weight is 446 g/mol. The van der Waals surface area contributed by atoms with Crippen molar-refractivity contribution in [1.29, 1.82) is 0 Å². The lowest BCUT2D eigenvalue weighted by Gasteiger charge is -2.31. The minimum atomic E-state index is -0.855. The predicted molar refractivity (Wildman–Crippen MR) is 120 cm³/mol. The van der Waals surface area contributed by atoms with Gasteiger partial charge >= 0.3 is 0 Å². The SMILES string of the molecule is CCCCN(C(=O)CNC(=O)c1cccs1)C(C(=O)NC1CCCC1)c1ccc(C)o1. The summed E-state index contributed by atoms with van der Waals surface area (Å²) in [5.74, 6) is 0.304. The Morgan fingerprint density at radius 2 is 2.00 bits per heavy atom. The number of carbonyl (C=O) groups excluding carboxylic acids is 3. The van der Waals surface area contributed by atoms with Gasteiger partial charge in [0.2, 0.25) is 5.91 Å². The minimum absolute atomic E-state index is 0.132. The van der Waals surface area contributed by atoms with Crippen molar-refractivity contribution in [2.24, 2.45) is 0 Å². The lowest BCUT2D eigenvalue weighted by molar-refractivity contribution is -0.141. The Morgan fingerprint density at radius 1 is 1.23 bits per heavy atom. The van der Waals surface area contributed by atoms with Crippen LogP contribution in [0.4, 0.5) is 0 Å². The molecule has 2 aromatic rings. The molecule has 3 amide bonds. The van der Waals surface area contributed by atoms with Crippen LogP contribution in [-0.2, 0) is 9.59 Å². The number of aryl methyl sites for hydroxylation is 1. The van der Waals surface area contributed by atoms with E-state index in [1.54, 1.807) is 29.2 Å². The van der Waals surface area contributed by atoms with Gasteiger partial charge in [0.15, 0.2) is 6.04 Å². The zero-order valence-corrected chi connectivity index (χ0v) is 19.0. The third-order valence-corrected chi connectivity index (χ3v) is 6.38. The maximum absolute atomic E-state index is 13.3. The monoisotopic (exact) mass is 445 g/mol. The molecule has 3 rings (SSSR count). The maximum Gasteiger partial charge on any atom is 0.261 e. The van der Waals surface area contributed by atoms with E-state index in [2.05, 4.69) is 10.6 Å². The van der Waals surface area contributed by atoms with Crippen LogP contribution in [0.2, 0.25) is 0 Å². The van der Waals surface area contributed by atoms with E-state index in [-0.39, 0.29) is 30.3 Å². The van der Waals surface area contributed by atoms with Gasteiger partial charge in [0.05, 0.1) is 11.4 Å². The first-order valence-corrected chi connectivity index (χ1v) is 11.9. The molecule has 7 nitrogen and oxygen atoms in total. The number of rotatable bonds is 10. The van der Waals surface area contributed by atoms with Crippen LogP contribution in [0.15, 0.2) is 34.1 Å². The second-order valence-corrected chi connectivity index (χ2v) is 8.89. The third-order valence-electron chi connectivity index (χ3n) is 5.51. The van der Waals surface area contributed by atoms with Crippen molar-refractivity contribution in [2.75, 3.05) is 13.1 Å². The Bertz CT molecular complexity index is 871. The van der Waals surface area contributed by atoms with Crippen LogP contribution in [0.3, 0.4) is 0 Å². The van der Waals surface area contributed by atoms with Gasteiger partial charge in [-0.05, 0) is 49.8 Å². The molecule has 2 N–H and O–H groups in total. The Balaban J connectivity index is 1.78. The van der Waals surface area contributed by atoms with E-state index in [9.17, 15) is 14.4 Å². The van der Waals surface area contributed by atoms with Crippen LogP contribution in [0.25, 0.3) is 0 Å². The highest BCUT2D eigenvalue weighted by Crippen LogP contribution is 2.26. The fourth-order valence-electron chi connectivity index (χ4n) is 3.85. The van der Waals surface area contributed by atoms with Gasteiger partial charge in [-0.1, -0.05) is 32.3 Å². The fraction of sp³-hybridized carbons (Fsp3) is 0.522. The largest absolute Gasteiger partial charge is 0.464 e. The predicted octanol–water partition coefficient (Wildman–Crippen LogP) is 3.81. The normalized spacial score (nSPS) is 14.9. The molecule has 0 saturated heterocycles. The quantitative estimate of drug-likeness (QED) is 0.582. The maximum atomic E-state index is 13.3. The molecule has 2 heterocycles. The number of nitrogens with one attached hydrogen (secondary N) is 2. The number of thiophene rings is 1. The first kappa shape index (κ1) is 23.1. The van der Waals surface area contributed by atoms with Gasteiger partial charge in [0.1, 0.15) is 11.5 Å². The Labute approximate surface area is 187 Å². The number of furan rings is 1. The summed E-state index contributed by atoms with van der Waals surface area (Å²) in [6.45, 7) is 4.08. The molecule has 0 radical (unpaired) electrons. The lowest BCUT2D eigenvalue weighted by atomic mass is 10.1. The van der Waals surface area contributed by atoms with E-state index in [0.717, 1.165) is 38.5 Å². The molecule has 1 fully saturated rings. The van der Waals surface area contributed by atoms with Crippen molar-refractivity contribution in [3.8, 4) is 0 Å². The van der Waals surface area contributed by atoms with Gasteiger partial charge in [0.25, 0.3) is 11.8 Å². The van der Waals surface area contributed by atoms with Crippen LogP contribution in [0, 0.1) is 6.92 Å². The molecule has 2 aromatic heterocycles. The van der Waals surface area contributed by atoms with E-state index >= 15 is 0 Å². The minimum Gasteiger partial charge on any atom is -0.464 e. The van der Waals surface area contributed by atoms with Gasteiger partial charge in [-0.3, -0.25) is 14.4 Å². The average Bonchev–Trinajstić information content (AvgIpc) is 3.52. The number of carbonyl (C=O) groups is 3. The second kappa shape index (κ2) is 11.1. The fourth-order valence-corrected chi connectivity index (χ4v) is 4.49. The highest BCUT2D eigenvalue weighted by atomic mass is 32.1. The van der Waals surface area contributed by atoms with E-state index < -0.39 is 6.04 Å². The lowest BCUT2D eigenvalue weighted by Crippen LogP contribution is -2.49. The molecule has 1 saturated carbocycles. The molecule has 1 aliphatic carbocycles. The summed E-state index contributed by atoms with van der Waals surface area (Å²) in [7, 11) is 0. The van der Waals surface area contributed by atoms with Crippen LogP contribution in [0.5, 0.6) is 0 Å². The Morgan fingerprint density at radius 3 is 2.61 bits per heavy atom. The molecule has 168 valence electrons. The summed E-state index contributed by atoms with van der Waals surface area (Å²) in [6, 6.07) is 6.33. The van der Waals surface area contributed by atoms with Crippen LogP contribution < -0.4 is 10.6 Å². The molecule has 0 spiro atoms. The molecule has 1 aliphatic rings. The summed E-state index contributed by atoms with van der Waals surface area (Å²) in [6.07, 6.45) is 5.73. The summed E-state index contributed by atoms with van der Waals surface area (Å²) in [5.41, 5.74) is 0. The van der Waals surface area contributed by atoms with Crippen molar-refractivity contribution < 1.29 is 18.8 Å². The molecule has 31 heavy (non-hydrogen) atoms. The highest BCUT2D eigenvalue weighted by molar-refractivity contribution is 7.12. The van der Waals surface area contributed by atoms with Crippen molar-refractivity contribution in [3.63, 3.8) is 0 Å². The van der Waals surface area contributed by atoms with Crippen molar-refractivity contribution in [3.05, 3.63) is 46.0 Å². The number of hydrogen-bond acceptors (Lipinski definition) is 5. The number of unbranched alkanes of at least 4 members (excludes halogenated alkanes) is 1. The summed E-state index contributed by atoms with van der Waals surface area (Å²) in [5, 5.41) is 7.60. The molecule has 0 bridgehead atoms. The molecule has 0 aromatic carbocycles. The number of amides is 3. The van der Waals surface area contributed by atoms with Gasteiger partial charge in [-0.2, -0.15) is 0 Å². The summed E-state index contributed by atoms with van der Waals surface area (Å²) < 4.78 is 5.79. The second-order valence-electron chi connectivity index (χ2n) is 7.94. The van der Waals surface area contributed by atoms with Gasteiger partial charge in [-0.15, -0.1) is 11.3 Å². The van der Waals surface area contributed by atoms with Gasteiger partial charge in [0, 0.05) is 12.6 Å². The highest BCUT2D eigenvalue weighted by Gasteiger charge is 2.35. The molecule has 1 unspecified atom stereocenters. The Kier molecular flexibility index (Phi) is 8.28. The van der Waals surface area contributed by atoms with Crippen LogP contribution in [-0.4, -0.2) is 41.8 Å². The van der Waals surface area contributed by atoms with E-state index in [1.807, 2.05) is 19.2 Å². The molecule has 0 aliphatic heterocycles. The van der Waals surface area contributed by atoms with E-state index in [0.29, 0.717) is 22.9 Å². The smallest absolute Gasteiger partial charge is 0.261 e. The zero-order valence-electron chi connectivity index (χ0n) is 18.2. The van der Waals surface area contributed by atoms with Crippen molar-refractivity contribution in [2.45, 2.75) is 64.5 Å². The first-order chi connectivity index (χ1) is 15.0. The molecule has 8 heteroatoms. The zero-order chi connectivity index (χ0) is 22.2. The van der Waals surface area contributed by atoms with E-state index in [4.69, 9.17) is 4.42 Å².